The first kappa shape index (κ1) is 25.9. The Bertz CT molecular complexity index is 976. The van der Waals surface area contributed by atoms with Crippen LogP contribution in [0.4, 0.5) is 21.9 Å². The number of non-ortho nitro benzene ring substituents is 1. The normalized spacial score (nSPS) is 10.9. The first-order valence-corrected chi connectivity index (χ1v) is 10.6. The zero-order valence-electron chi connectivity index (χ0n) is 18.6. The highest BCUT2D eigenvalue weighted by atomic mass is 35.5. The summed E-state index contributed by atoms with van der Waals surface area (Å²) < 4.78 is 5.15. The molecule has 0 aromatic heterocycles. The summed E-state index contributed by atoms with van der Waals surface area (Å²) in [6.45, 7) is 6.33. The summed E-state index contributed by atoms with van der Waals surface area (Å²) in [7, 11) is 0. The molecule has 11 heteroatoms. The smallest absolute Gasteiger partial charge is 0.407 e. The molecular weight excluding hydrogens is 452 g/mol. The maximum atomic E-state index is 12.4. The molecule has 2 aromatic carbocycles. The van der Waals surface area contributed by atoms with E-state index < -0.39 is 22.5 Å². The number of benzene rings is 2. The third-order valence-corrected chi connectivity index (χ3v) is 4.41. The fourth-order valence-corrected chi connectivity index (χ4v) is 2.76. The Morgan fingerprint density at radius 3 is 2.36 bits per heavy atom. The number of hydrogen-bond donors (Lipinski definition) is 3. The Hall–Kier alpha value is -3.37. The number of carbonyl (C=O) groups excluding carboxylic acids is 2. The van der Waals surface area contributed by atoms with E-state index >= 15 is 0 Å². The van der Waals surface area contributed by atoms with Crippen LogP contribution in [0.25, 0.3) is 0 Å². The number of nitrogens with zero attached hydrogens (tertiary/aromatic N) is 1. The van der Waals surface area contributed by atoms with E-state index in [1.54, 1.807) is 45.0 Å². The van der Waals surface area contributed by atoms with E-state index in [0.29, 0.717) is 24.5 Å². The number of anilines is 2. The monoisotopic (exact) mass is 478 g/mol. The SMILES string of the molecule is CC(C)(C)OC(=O)NCCCCONc1ccc(NC(=O)c2cc([N+](=O)[O-])ccc2Cl)cc1. The fraction of sp³-hybridized carbons (Fsp3) is 0.364. The topological polar surface area (TPSA) is 132 Å². The van der Waals surface area contributed by atoms with Gasteiger partial charge in [0.1, 0.15) is 5.60 Å². The number of rotatable bonds is 10. The number of unbranched alkanes of at least 4 members (excludes halogenated alkanes) is 1. The minimum Gasteiger partial charge on any atom is -0.444 e. The van der Waals surface area contributed by atoms with E-state index in [0.717, 1.165) is 18.9 Å². The van der Waals surface area contributed by atoms with E-state index in [-0.39, 0.29) is 16.3 Å². The standard InChI is InChI=1S/C22H27ClN4O6/c1-22(2,3)33-21(29)24-12-4-5-13-32-26-16-8-6-15(7-9-16)25-20(28)18-14-17(27(30)31)10-11-19(18)23/h6-11,14,26H,4-5,12-13H2,1-3H3,(H,24,29)(H,25,28). The first-order chi connectivity index (χ1) is 15.5. The van der Waals surface area contributed by atoms with Crippen LogP contribution in [0.1, 0.15) is 44.0 Å². The van der Waals surface area contributed by atoms with Gasteiger partial charge < -0.3 is 15.4 Å². The van der Waals surface area contributed by atoms with E-state index in [1.165, 1.54) is 12.1 Å². The van der Waals surface area contributed by atoms with Crippen molar-refractivity contribution in [2.24, 2.45) is 0 Å². The quantitative estimate of drug-likeness (QED) is 0.244. The molecule has 10 nitrogen and oxygen atoms in total. The van der Waals surface area contributed by atoms with Gasteiger partial charge in [-0.15, -0.1) is 0 Å². The van der Waals surface area contributed by atoms with Gasteiger partial charge in [0.2, 0.25) is 0 Å². The van der Waals surface area contributed by atoms with Gasteiger partial charge >= 0.3 is 6.09 Å². The number of nitro groups is 1. The second kappa shape index (κ2) is 12.0. The third-order valence-electron chi connectivity index (χ3n) is 4.08. The lowest BCUT2D eigenvalue weighted by Gasteiger charge is -2.19. The van der Waals surface area contributed by atoms with Crippen molar-refractivity contribution in [3.05, 3.63) is 63.2 Å². The average molecular weight is 479 g/mol. The molecule has 0 heterocycles. The first-order valence-electron chi connectivity index (χ1n) is 10.2. The van der Waals surface area contributed by atoms with Crippen LogP contribution < -0.4 is 16.1 Å². The lowest BCUT2D eigenvalue weighted by molar-refractivity contribution is -0.384. The van der Waals surface area contributed by atoms with E-state index in [1.807, 2.05) is 0 Å². The zero-order valence-corrected chi connectivity index (χ0v) is 19.4. The van der Waals surface area contributed by atoms with Gasteiger partial charge in [0.15, 0.2) is 0 Å². The van der Waals surface area contributed by atoms with Crippen LogP contribution in [-0.2, 0) is 9.57 Å². The zero-order chi connectivity index (χ0) is 24.4. The summed E-state index contributed by atoms with van der Waals surface area (Å²) in [5.41, 5.74) is 3.23. The lowest BCUT2D eigenvalue weighted by Crippen LogP contribution is -2.33. The Kier molecular flexibility index (Phi) is 9.43. The summed E-state index contributed by atoms with van der Waals surface area (Å²) in [6.07, 6.45) is 1.01. The van der Waals surface area contributed by atoms with Crippen molar-refractivity contribution in [2.45, 2.75) is 39.2 Å². The van der Waals surface area contributed by atoms with E-state index in [4.69, 9.17) is 21.2 Å². The van der Waals surface area contributed by atoms with Crippen LogP contribution in [-0.4, -0.2) is 35.7 Å². The summed E-state index contributed by atoms with van der Waals surface area (Å²) in [5, 5.41) is 16.3. The van der Waals surface area contributed by atoms with Gasteiger partial charge in [0.05, 0.1) is 27.8 Å². The third kappa shape index (κ3) is 9.34. The highest BCUT2D eigenvalue weighted by molar-refractivity contribution is 6.34. The summed E-state index contributed by atoms with van der Waals surface area (Å²) in [5.74, 6) is -0.555. The number of alkyl carbamates (subject to hydrolysis) is 1. The van der Waals surface area contributed by atoms with Crippen LogP contribution in [0.5, 0.6) is 0 Å². The van der Waals surface area contributed by atoms with Crippen LogP contribution in [0, 0.1) is 10.1 Å². The molecule has 0 saturated heterocycles. The summed E-state index contributed by atoms with van der Waals surface area (Å²) in [4.78, 5) is 39.6. The van der Waals surface area contributed by atoms with E-state index in [9.17, 15) is 19.7 Å². The molecule has 0 spiro atoms. The number of nitrogens with one attached hydrogen (secondary N) is 3. The lowest BCUT2D eigenvalue weighted by atomic mass is 10.2. The van der Waals surface area contributed by atoms with Gasteiger partial charge in [-0.3, -0.25) is 25.2 Å². The minimum absolute atomic E-state index is 0.0116. The maximum absolute atomic E-state index is 12.4. The Balaban J connectivity index is 1.71. The van der Waals surface area contributed by atoms with Crippen molar-refractivity contribution in [2.75, 3.05) is 23.9 Å². The summed E-state index contributed by atoms with van der Waals surface area (Å²) in [6, 6.07) is 10.4. The maximum Gasteiger partial charge on any atom is 0.407 e. The van der Waals surface area contributed by atoms with Crippen molar-refractivity contribution in [3.8, 4) is 0 Å². The predicted octanol–water partition coefficient (Wildman–Crippen LogP) is 5.15. The molecule has 2 amide bonds. The molecular formula is C22H27ClN4O6. The van der Waals surface area contributed by atoms with Crippen molar-refractivity contribution >= 4 is 40.7 Å². The molecule has 33 heavy (non-hydrogen) atoms. The highest BCUT2D eigenvalue weighted by Crippen LogP contribution is 2.23. The second-order valence-electron chi connectivity index (χ2n) is 8.04. The van der Waals surface area contributed by atoms with Crippen LogP contribution in [0.15, 0.2) is 42.5 Å². The van der Waals surface area contributed by atoms with Crippen LogP contribution in [0.3, 0.4) is 0 Å². The van der Waals surface area contributed by atoms with Gasteiger partial charge in [0, 0.05) is 24.4 Å². The van der Waals surface area contributed by atoms with Crippen molar-refractivity contribution in [3.63, 3.8) is 0 Å². The van der Waals surface area contributed by atoms with Crippen molar-refractivity contribution < 1.29 is 24.1 Å². The molecule has 0 aliphatic rings. The molecule has 0 aliphatic carbocycles. The Morgan fingerprint density at radius 1 is 1.06 bits per heavy atom. The van der Waals surface area contributed by atoms with E-state index in [2.05, 4.69) is 16.1 Å². The van der Waals surface area contributed by atoms with Crippen molar-refractivity contribution in [1.82, 2.24) is 5.32 Å². The number of carbonyl (C=O) groups is 2. The second-order valence-corrected chi connectivity index (χ2v) is 8.45. The molecule has 0 bridgehead atoms. The van der Waals surface area contributed by atoms with Crippen molar-refractivity contribution in [1.29, 1.82) is 0 Å². The molecule has 0 fully saturated rings. The Morgan fingerprint density at radius 2 is 1.73 bits per heavy atom. The van der Waals surface area contributed by atoms with Gasteiger partial charge in [-0.2, -0.15) is 0 Å². The van der Waals surface area contributed by atoms with Gasteiger partial charge in [-0.1, -0.05) is 11.6 Å². The molecule has 2 rings (SSSR count). The molecule has 0 radical (unpaired) electrons. The molecule has 0 aliphatic heterocycles. The molecule has 0 atom stereocenters. The molecule has 0 saturated carbocycles. The van der Waals surface area contributed by atoms with Crippen LogP contribution in [0.2, 0.25) is 5.02 Å². The number of ether oxygens (including phenoxy) is 1. The average Bonchev–Trinajstić information content (AvgIpc) is 2.73. The fourth-order valence-electron chi connectivity index (χ4n) is 2.56. The van der Waals surface area contributed by atoms with Gasteiger partial charge in [0.25, 0.3) is 11.6 Å². The summed E-state index contributed by atoms with van der Waals surface area (Å²) >= 11 is 5.99. The predicted molar refractivity (Wildman–Crippen MR) is 126 cm³/mol. The van der Waals surface area contributed by atoms with Crippen LogP contribution >= 0.6 is 11.6 Å². The highest BCUT2D eigenvalue weighted by Gasteiger charge is 2.16. The molecule has 0 unspecified atom stereocenters. The van der Waals surface area contributed by atoms with Gasteiger partial charge in [-0.25, -0.2) is 4.79 Å². The Labute approximate surface area is 196 Å². The van der Waals surface area contributed by atoms with Gasteiger partial charge in [-0.05, 0) is 63.9 Å². The number of nitro benzene ring substituents is 1. The molecule has 178 valence electrons. The number of amides is 2. The minimum atomic E-state index is -0.592. The molecule has 3 N–H and O–H groups in total. The number of halogens is 1. The number of hydrogen-bond acceptors (Lipinski definition) is 7. The largest absolute Gasteiger partial charge is 0.444 e. The molecule has 2 aromatic rings.